The number of nitrogens with one attached hydrogen (secondary N) is 4. The zero-order valence-corrected chi connectivity index (χ0v) is 20.4. The highest BCUT2D eigenvalue weighted by Crippen LogP contribution is 2.34. The van der Waals surface area contributed by atoms with Crippen LogP contribution in [0.25, 0.3) is 10.9 Å². The SMILES string of the molecule is C=NC[C@]1(NC(=O)[C@H](CC2CC2)NC(=O)c2cc3c(OC)cccc3[nH]2)CCc2cc[nH]c(=O)c2C1. The number of carbonyl (C=O) groups excluding carboxylic acids is 2. The second-order valence-corrected chi connectivity index (χ2v) is 9.95. The minimum Gasteiger partial charge on any atom is -0.496 e. The number of H-pyrrole nitrogens is 2. The number of ether oxygens (including phenoxy) is 1. The molecule has 9 heteroatoms. The number of rotatable bonds is 9. The lowest BCUT2D eigenvalue weighted by Crippen LogP contribution is -2.60. The van der Waals surface area contributed by atoms with Crippen molar-refractivity contribution in [1.82, 2.24) is 20.6 Å². The van der Waals surface area contributed by atoms with Crippen LogP contribution in [-0.2, 0) is 17.6 Å². The van der Waals surface area contributed by atoms with Crippen molar-refractivity contribution < 1.29 is 14.3 Å². The maximum atomic E-state index is 13.6. The van der Waals surface area contributed by atoms with Gasteiger partial charge >= 0.3 is 0 Å². The Bertz CT molecular complexity index is 1370. The number of hydrogen-bond acceptors (Lipinski definition) is 5. The van der Waals surface area contributed by atoms with Crippen molar-refractivity contribution in [1.29, 1.82) is 0 Å². The van der Waals surface area contributed by atoms with Gasteiger partial charge in [-0.15, -0.1) is 0 Å². The van der Waals surface area contributed by atoms with Crippen molar-refractivity contribution in [3.63, 3.8) is 0 Å². The summed E-state index contributed by atoms with van der Waals surface area (Å²) in [5.74, 6) is 0.465. The molecular formula is C27H31N5O4. The predicted molar refractivity (Wildman–Crippen MR) is 138 cm³/mol. The number of amides is 2. The molecule has 0 saturated heterocycles. The highest BCUT2D eigenvalue weighted by molar-refractivity contribution is 6.01. The molecule has 0 radical (unpaired) electrons. The molecule has 2 aromatic heterocycles. The number of benzene rings is 1. The Morgan fingerprint density at radius 1 is 1.31 bits per heavy atom. The quantitative estimate of drug-likeness (QED) is 0.344. The van der Waals surface area contributed by atoms with Gasteiger partial charge in [-0.1, -0.05) is 18.9 Å². The number of nitrogens with zero attached hydrogens (tertiary/aromatic N) is 1. The highest BCUT2D eigenvalue weighted by atomic mass is 16.5. The number of hydrogen-bond donors (Lipinski definition) is 4. The van der Waals surface area contributed by atoms with E-state index in [9.17, 15) is 14.4 Å². The third-order valence-corrected chi connectivity index (χ3v) is 7.33. The minimum atomic E-state index is -0.721. The Balaban J connectivity index is 1.36. The number of aryl methyl sites for hydroxylation is 1. The van der Waals surface area contributed by atoms with Crippen LogP contribution in [0.5, 0.6) is 5.75 Å². The third-order valence-electron chi connectivity index (χ3n) is 7.33. The van der Waals surface area contributed by atoms with Crippen molar-refractivity contribution >= 4 is 29.4 Å². The molecule has 9 nitrogen and oxygen atoms in total. The van der Waals surface area contributed by atoms with Gasteiger partial charge in [0, 0.05) is 29.1 Å². The number of aromatic nitrogens is 2. The monoisotopic (exact) mass is 489 g/mol. The van der Waals surface area contributed by atoms with Gasteiger partial charge in [0.05, 0.1) is 19.2 Å². The normalized spacial score (nSPS) is 19.8. The third kappa shape index (κ3) is 4.78. The van der Waals surface area contributed by atoms with Crippen molar-refractivity contribution in [2.45, 2.75) is 50.1 Å². The van der Waals surface area contributed by atoms with E-state index in [1.807, 2.05) is 24.3 Å². The molecule has 2 amide bonds. The molecule has 0 aliphatic heterocycles. The standard InChI is InChI=1S/C27H31N5O4/c1-28-15-27(10-8-17-9-11-29-24(33)19(17)14-27)32-26(35)21(12-16-6-7-16)31-25(34)22-13-18-20(30-22)4-3-5-23(18)36-2/h3-5,9,11,13,16,21,30H,1,6-8,10,12,14-15H2,2H3,(H,29,33)(H,31,34)(H,32,35)/t21-,27-/m0/s1. The van der Waals surface area contributed by atoms with Crippen LogP contribution in [-0.4, -0.2) is 53.7 Å². The molecule has 188 valence electrons. The summed E-state index contributed by atoms with van der Waals surface area (Å²) in [5, 5.41) is 6.91. The Morgan fingerprint density at radius 2 is 2.14 bits per heavy atom. The fourth-order valence-corrected chi connectivity index (χ4v) is 5.21. The lowest BCUT2D eigenvalue weighted by Gasteiger charge is -2.38. The molecule has 0 bridgehead atoms. The molecule has 0 unspecified atom stereocenters. The average molecular weight is 490 g/mol. The van der Waals surface area contributed by atoms with Crippen molar-refractivity contribution in [2.75, 3.05) is 13.7 Å². The van der Waals surface area contributed by atoms with E-state index in [0.29, 0.717) is 55.2 Å². The molecule has 4 N–H and O–H groups in total. The maximum absolute atomic E-state index is 13.6. The largest absolute Gasteiger partial charge is 0.496 e. The first-order valence-electron chi connectivity index (χ1n) is 12.3. The Morgan fingerprint density at radius 3 is 2.89 bits per heavy atom. The molecule has 0 spiro atoms. The minimum absolute atomic E-state index is 0.146. The number of carbonyl (C=O) groups is 2. The number of fused-ring (bicyclic) bond motifs is 2. The van der Waals surface area contributed by atoms with E-state index >= 15 is 0 Å². The van der Waals surface area contributed by atoms with Crippen molar-refractivity contribution in [3.8, 4) is 5.75 Å². The second kappa shape index (κ2) is 9.64. The van der Waals surface area contributed by atoms with Gasteiger partial charge in [-0.05, 0) is 61.7 Å². The second-order valence-electron chi connectivity index (χ2n) is 9.95. The molecule has 1 aromatic carbocycles. The van der Waals surface area contributed by atoms with Crippen molar-refractivity contribution in [3.05, 3.63) is 63.7 Å². The Hall–Kier alpha value is -3.88. The zero-order chi connectivity index (χ0) is 25.3. The van der Waals surface area contributed by atoms with E-state index in [-0.39, 0.29) is 17.4 Å². The summed E-state index contributed by atoms with van der Waals surface area (Å²) in [7, 11) is 1.59. The van der Waals surface area contributed by atoms with Crippen LogP contribution in [0, 0.1) is 5.92 Å². The molecule has 1 saturated carbocycles. The topological polar surface area (TPSA) is 128 Å². The summed E-state index contributed by atoms with van der Waals surface area (Å²) in [6, 6.07) is 8.51. The Kier molecular flexibility index (Phi) is 6.38. The summed E-state index contributed by atoms with van der Waals surface area (Å²) in [6.07, 6.45) is 5.98. The number of pyridine rings is 1. The fourth-order valence-electron chi connectivity index (χ4n) is 5.21. The first-order chi connectivity index (χ1) is 17.4. The fraction of sp³-hybridized carbons (Fsp3) is 0.407. The maximum Gasteiger partial charge on any atom is 0.268 e. The van der Waals surface area contributed by atoms with Gasteiger partial charge < -0.3 is 25.3 Å². The van der Waals surface area contributed by atoms with E-state index in [2.05, 4.69) is 32.3 Å². The molecule has 1 fully saturated rings. The van der Waals surface area contributed by atoms with Crippen LogP contribution >= 0.6 is 0 Å². The van der Waals surface area contributed by atoms with Crippen LogP contribution in [0.3, 0.4) is 0 Å². The first kappa shape index (κ1) is 23.8. The average Bonchev–Trinajstić information content (AvgIpc) is 3.58. The van der Waals surface area contributed by atoms with Gasteiger partial charge in [0.15, 0.2) is 0 Å². The van der Waals surface area contributed by atoms with Crippen molar-refractivity contribution in [2.24, 2.45) is 10.9 Å². The van der Waals surface area contributed by atoms with E-state index < -0.39 is 11.6 Å². The molecule has 36 heavy (non-hydrogen) atoms. The summed E-state index contributed by atoms with van der Waals surface area (Å²) in [4.78, 5) is 49.2. The smallest absolute Gasteiger partial charge is 0.268 e. The lowest BCUT2D eigenvalue weighted by molar-refractivity contribution is -0.125. The van der Waals surface area contributed by atoms with E-state index in [0.717, 1.165) is 29.3 Å². The molecule has 2 atom stereocenters. The molecule has 2 aliphatic rings. The predicted octanol–water partition coefficient (Wildman–Crippen LogP) is 2.51. The van der Waals surface area contributed by atoms with Gasteiger partial charge in [-0.3, -0.25) is 19.4 Å². The van der Waals surface area contributed by atoms with Crippen LogP contribution in [0.4, 0.5) is 0 Å². The van der Waals surface area contributed by atoms with Gasteiger partial charge in [0.1, 0.15) is 17.5 Å². The molecule has 5 rings (SSSR count). The zero-order valence-electron chi connectivity index (χ0n) is 20.4. The lowest BCUT2D eigenvalue weighted by atomic mass is 9.78. The summed E-state index contributed by atoms with van der Waals surface area (Å²) >= 11 is 0. The van der Waals surface area contributed by atoms with Crippen LogP contribution < -0.4 is 20.9 Å². The molecule has 3 aromatic rings. The Labute approximate surface area is 208 Å². The van der Waals surface area contributed by atoms with Crippen LogP contribution in [0.1, 0.15) is 47.3 Å². The van der Waals surface area contributed by atoms with Gasteiger partial charge in [-0.25, -0.2) is 0 Å². The first-order valence-corrected chi connectivity index (χ1v) is 12.3. The van der Waals surface area contributed by atoms with E-state index in [1.54, 1.807) is 19.4 Å². The van der Waals surface area contributed by atoms with E-state index in [4.69, 9.17) is 4.74 Å². The molecular weight excluding hydrogens is 458 g/mol. The number of aromatic amines is 2. The molecule has 2 heterocycles. The van der Waals surface area contributed by atoms with Gasteiger partial charge in [0.25, 0.3) is 11.5 Å². The highest BCUT2D eigenvalue weighted by Gasteiger charge is 2.39. The van der Waals surface area contributed by atoms with Gasteiger partial charge in [-0.2, -0.15) is 0 Å². The molecule has 2 aliphatic carbocycles. The summed E-state index contributed by atoms with van der Waals surface area (Å²) in [6.45, 7) is 3.93. The van der Waals surface area contributed by atoms with Crippen LogP contribution in [0.2, 0.25) is 0 Å². The number of aliphatic imine (C=N–C) groups is 1. The summed E-state index contributed by atoms with van der Waals surface area (Å²) < 4.78 is 5.40. The van der Waals surface area contributed by atoms with Crippen LogP contribution in [0.15, 0.2) is 46.3 Å². The van der Waals surface area contributed by atoms with E-state index in [1.165, 1.54) is 0 Å². The van der Waals surface area contributed by atoms with Gasteiger partial charge in [0.2, 0.25) is 5.91 Å². The number of methoxy groups -OCH3 is 1. The summed E-state index contributed by atoms with van der Waals surface area (Å²) in [5.41, 5.74) is 1.94.